The third-order valence-corrected chi connectivity index (χ3v) is 1.56. The largest absolute Gasteiger partial charge is 0.464 e. The Morgan fingerprint density at radius 3 is 2.57 bits per heavy atom. The fourth-order valence-corrected chi connectivity index (χ4v) is 0.656. The first-order chi connectivity index (χ1) is 6.56. The van der Waals surface area contributed by atoms with E-state index in [1.165, 1.54) is 6.92 Å². The van der Waals surface area contributed by atoms with E-state index in [9.17, 15) is 9.59 Å². The van der Waals surface area contributed by atoms with Gasteiger partial charge in [-0.2, -0.15) is 0 Å². The first-order valence-corrected chi connectivity index (χ1v) is 4.64. The van der Waals surface area contributed by atoms with Crippen LogP contribution in [0.15, 0.2) is 0 Å². The average Bonchev–Trinajstić information content (AvgIpc) is 2.12. The van der Waals surface area contributed by atoms with Crippen molar-refractivity contribution < 1.29 is 19.1 Å². The second kappa shape index (κ2) is 7.17. The predicted octanol–water partition coefficient (Wildman–Crippen LogP) is 1.07. The molecule has 82 valence electrons. The number of hydrogen-bond donors (Lipinski definition) is 1. The van der Waals surface area contributed by atoms with Gasteiger partial charge in [0.2, 0.25) is 0 Å². The Labute approximate surface area is 83.8 Å². The van der Waals surface area contributed by atoms with Gasteiger partial charge in [-0.1, -0.05) is 6.92 Å². The molecule has 0 rings (SSSR count). The minimum atomic E-state index is -0.480. The van der Waals surface area contributed by atoms with Gasteiger partial charge in [-0.25, -0.2) is 4.79 Å². The number of amides is 1. The van der Waals surface area contributed by atoms with Crippen LogP contribution in [0.4, 0.5) is 4.79 Å². The molecule has 1 amide bonds. The highest BCUT2D eigenvalue weighted by Gasteiger charge is 2.05. The van der Waals surface area contributed by atoms with Crippen LogP contribution in [-0.2, 0) is 14.3 Å². The summed E-state index contributed by atoms with van der Waals surface area (Å²) < 4.78 is 9.53. The Morgan fingerprint density at radius 2 is 2.07 bits per heavy atom. The maximum Gasteiger partial charge on any atom is 0.407 e. The highest BCUT2D eigenvalue weighted by atomic mass is 16.6. The number of esters is 1. The summed E-state index contributed by atoms with van der Waals surface area (Å²) in [5.41, 5.74) is 0. The molecule has 0 radical (unpaired) electrons. The Bertz CT molecular complexity index is 193. The van der Waals surface area contributed by atoms with Crippen LogP contribution in [0.3, 0.4) is 0 Å². The lowest BCUT2D eigenvalue weighted by atomic mass is 10.3. The van der Waals surface area contributed by atoms with E-state index in [0.717, 1.165) is 6.42 Å². The number of hydrogen-bond acceptors (Lipinski definition) is 4. The average molecular weight is 203 g/mol. The molecule has 1 N–H and O–H groups in total. The molecule has 0 aromatic rings. The Morgan fingerprint density at radius 1 is 1.43 bits per heavy atom. The molecule has 14 heavy (non-hydrogen) atoms. The summed E-state index contributed by atoms with van der Waals surface area (Å²) in [6, 6.07) is 0. The standard InChI is InChI=1S/C9H17NO4/c1-4-7(2)14-9(12)10-5-6-13-8(3)11/h7H,4-6H2,1-3H3,(H,10,12). The zero-order valence-corrected chi connectivity index (χ0v) is 8.83. The van der Waals surface area contributed by atoms with Crippen molar-refractivity contribution in [3.05, 3.63) is 0 Å². The molecule has 0 saturated heterocycles. The lowest BCUT2D eigenvalue weighted by Crippen LogP contribution is -2.30. The third kappa shape index (κ3) is 7.39. The van der Waals surface area contributed by atoms with E-state index in [-0.39, 0.29) is 25.2 Å². The summed E-state index contributed by atoms with van der Waals surface area (Å²) in [5, 5.41) is 2.46. The number of alkyl carbamates (subject to hydrolysis) is 1. The van der Waals surface area contributed by atoms with Crippen molar-refractivity contribution in [2.24, 2.45) is 0 Å². The monoisotopic (exact) mass is 203 g/mol. The normalized spacial score (nSPS) is 11.6. The number of carbonyl (C=O) groups excluding carboxylic acids is 2. The van der Waals surface area contributed by atoms with Gasteiger partial charge in [0, 0.05) is 6.92 Å². The predicted molar refractivity (Wildman–Crippen MR) is 50.9 cm³/mol. The van der Waals surface area contributed by atoms with E-state index in [4.69, 9.17) is 4.74 Å². The summed E-state index contributed by atoms with van der Waals surface area (Å²) in [5.74, 6) is -0.359. The first-order valence-electron chi connectivity index (χ1n) is 4.64. The maximum absolute atomic E-state index is 11.0. The van der Waals surface area contributed by atoms with Crippen LogP contribution in [0, 0.1) is 0 Å². The lowest BCUT2D eigenvalue weighted by molar-refractivity contribution is -0.140. The SMILES string of the molecule is CCC(C)OC(=O)NCCOC(C)=O. The molecule has 0 bridgehead atoms. The van der Waals surface area contributed by atoms with E-state index in [1.54, 1.807) is 0 Å². The maximum atomic E-state index is 11.0. The van der Waals surface area contributed by atoms with Gasteiger partial charge in [0.05, 0.1) is 6.54 Å². The van der Waals surface area contributed by atoms with E-state index in [0.29, 0.717) is 0 Å². The van der Waals surface area contributed by atoms with Crippen molar-refractivity contribution in [2.45, 2.75) is 33.3 Å². The van der Waals surface area contributed by atoms with Crippen LogP contribution < -0.4 is 5.32 Å². The van der Waals surface area contributed by atoms with Gasteiger partial charge in [0.25, 0.3) is 0 Å². The summed E-state index contributed by atoms with van der Waals surface area (Å²) in [6.07, 6.45) is 0.201. The van der Waals surface area contributed by atoms with Crippen molar-refractivity contribution in [3.63, 3.8) is 0 Å². The molecule has 0 fully saturated rings. The fourth-order valence-electron chi connectivity index (χ4n) is 0.656. The topological polar surface area (TPSA) is 64.6 Å². The molecule has 0 aliphatic carbocycles. The number of carbonyl (C=O) groups is 2. The quantitative estimate of drug-likeness (QED) is 0.536. The van der Waals surface area contributed by atoms with Crippen LogP contribution in [0.1, 0.15) is 27.2 Å². The molecular formula is C9H17NO4. The number of rotatable bonds is 5. The lowest BCUT2D eigenvalue weighted by Gasteiger charge is -2.11. The number of nitrogens with one attached hydrogen (secondary N) is 1. The van der Waals surface area contributed by atoms with Crippen molar-refractivity contribution in [2.75, 3.05) is 13.2 Å². The molecule has 5 nitrogen and oxygen atoms in total. The van der Waals surface area contributed by atoms with Crippen molar-refractivity contribution in [3.8, 4) is 0 Å². The highest BCUT2D eigenvalue weighted by molar-refractivity contribution is 5.67. The molecule has 1 unspecified atom stereocenters. The molecular weight excluding hydrogens is 186 g/mol. The minimum absolute atomic E-state index is 0.0938. The van der Waals surface area contributed by atoms with Gasteiger partial charge in [-0.05, 0) is 13.3 Å². The van der Waals surface area contributed by atoms with E-state index in [1.807, 2.05) is 13.8 Å². The van der Waals surface area contributed by atoms with Crippen molar-refractivity contribution >= 4 is 12.1 Å². The molecule has 0 aliphatic rings. The van der Waals surface area contributed by atoms with Gasteiger partial charge in [-0.3, -0.25) is 4.79 Å². The summed E-state index contributed by atoms with van der Waals surface area (Å²) in [6.45, 7) is 5.50. The Balaban J connectivity index is 3.40. The Kier molecular flexibility index (Phi) is 6.53. The van der Waals surface area contributed by atoms with Crippen molar-refractivity contribution in [1.29, 1.82) is 0 Å². The van der Waals surface area contributed by atoms with Gasteiger partial charge >= 0.3 is 12.1 Å². The van der Waals surface area contributed by atoms with Crippen LogP contribution >= 0.6 is 0 Å². The van der Waals surface area contributed by atoms with Crippen LogP contribution in [0.25, 0.3) is 0 Å². The zero-order valence-electron chi connectivity index (χ0n) is 8.83. The smallest absolute Gasteiger partial charge is 0.407 e. The molecule has 0 aromatic heterocycles. The summed E-state index contributed by atoms with van der Waals surface area (Å²) in [7, 11) is 0. The summed E-state index contributed by atoms with van der Waals surface area (Å²) >= 11 is 0. The van der Waals surface area contributed by atoms with E-state index >= 15 is 0 Å². The van der Waals surface area contributed by atoms with Crippen LogP contribution in [-0.4, -0.2) is 31.3 Å². The van der Waals surface area contributed by atoms with Gasteiger partial charge in [0.15, 0.2) is 0 Å². The van der Waals surface area contributed by atoms with Crippen LogP contribution in [0.5, 0.6) is 0 Å². The van der Waals surface area contributed by atoms with E-state index in [2.05, 4.69) is 10.1 Å². The molecule has 5 heteroatoms. The van der Waals surface area contributed by atoms with Crippen LogP contribution in [0.2, 0.25) is 0 Å². The summed E-state index contributed by atoms with van der Waals surface area (Å²) in [4.78, 5) is 21.3. The molecule has 0 saturated carbocycles. The zero-order chi connectivity index (χ0) is 11.0. The second-order valence-corrected chi connectivity index (χ2v) is 2.89. The third-order valence-electron chi connectivity index (χ3n) is 1.56. The molecule has 0 spiro atoms. The molecule has 0 heterocycles. The molecule has 1 atom stereocenters. The first kappa shape index (κ1) is 12.7. The molecule has 0 aromatic carbocycles. The highest BCUT2D eigenvalue weighted by Crippen LogP contribution is 1.95. The van der Waals surface area contributed by atoms with Gasteiger partial charge in [-0.15, -0.1) is 0 Å². The Hall–Kier alpha value is -1.26. The fraction of sp³-hybridized carbons (Fsp3) is 0.778. The van der Waals surface area contributed by atoms with Crippen molar-refractivity contribution in [1.82, 2.24) is 5.32 Å². The van der Waals surface area contributed by atoms with Gasteiger partial charge in [0.1, 0.15) is 12.7 Å². The second-order valence-electron chi connectivity index (χ2n) is 2.89. The minimum Gasteiger partial charge on any atom is -0.464 e. The van der Waals surface area contributed by atoms with Gasteiger partial charge < -0.3 is 14.8 Å². The molecule has 0 aliphatic heterocycles. The number of ether oxygens (including phenoxy) is 2. The van der Waals surface area contributed by atoms with E-state index < -0.39 is 6.09 Å².